The molecule has 0 bridgehead atoms. The molecule has 5 nitrogen and oxygen atoms in total. The lowest BCUT2D eigenvalue weighted by Gasteiger charge is -2.45. The van der Waals surface area contributed by atoms with Crippen LogP contribution in [-0.4, -0.2) is 39.5 Å². The second-order valence-corrected chi connectivity index (χ2v) is 7.61. The summed E-state index contributed by atoms with van der Waals surface area (Å²) in [6.07, 6.45) is 8.61. The van der Waals surface area contributed by atoms with Crippen LogP contribution in [0.3, 0.4) is 0 Å². The van der Waals surface area contributed by atoms with Crippen molar-refractivity contribution in [1.29, 1.82) is 0 Å². The van der Waals surface area contributed by atoms with Gasteiger partial charge < -0.3 is 5.32 Å². The van der Waals surface area contributed by atoms with Crippen molar-refractivity contribution in [2.75, 3.05) is 19.6 Å². The number of nitrogens with zero attached hydrogens (tertiary/aromatic N) is 3. The van der Waals surface area contributed by atoms with Crippen molar-refractivity contribution in [3.63, 3.8) is 0 Å². The standard InChI is InChI=1S/C17H21BrN4O/c18-14-3-4-15-20-9-13(16(23)22(15)11-14)10-21-8-7-19-12-17(21)5-1-2-6-17/h3-4,9,11,19H,1-2,5-8,10,12H2. The Morgan fingerprint density at radius 1 is 1.30 bits per heavy atom. The van der Waals surface area contributed by atoms with Gasteiger partial charge in [0.15, 0.2) is 0 Å². The number of fused-ring (bicyclic) bond motifs is 1. The number of hydrogen-bond acceptors (Lipinski definition) is 4. The molecule has 2 fully saturated rings. The van der Waals surface area contributed by atoms with Gasteiger partial charge in [-0.2, -0.15) is 0 Å². The predicted octanol–water partition coefficient (Wildman–Crippen LogP) is 2.17. The van der Waals surface area contributed by atoms with Gasteiger partial charge in [-0.15, -0.1) is 0 Å². The molecule has 2 aliphatic rings. The minimum absolute atomic E-state index is 0.0444. The Bertz CT molecular complexity index is 782. The average Bonchev–Trinajstić information content (AvgIpc) is 3.02. The maximum atomic E-state index is 12.8. The van der Waals surface area contributed by atoms with Crippen LogP contribution in [0.4, 0.5) is 0 Å². The number of piperazine rings is 1. The SMILES string of the molecule is O=c1c(CN2CCNCC23CCCC3)cnc2ccc(Br)cn12. The van der Waals surface area contributed by atoms with E-state index in [0.717, 1.165) is 29.7 Å². The molecule has 2 aromatic rings. The second-order valence-electron chi connectivity index (χ2n) is 6.69. The van der Waals surface area contributed by atoms with E-state index in [1.807, 2.05) is 12.1 Å². The summed E-state index contributed by atoms with van der Waals surface area (Å²) in [5, 5.41) is 3.54. The lowest BCUT2D eigenvalue weighted by Crippen LogP contribution is -2.59. The van der Waals surface area contributed by atoms with Crippen LogP contribution in [-0.2, 0) is 6.54 Å². The summed E-state index contributed by atoms with van der Waals surface area (Å²) in [5.41, 5.74) is 1.76. The normalized spacial score (nSPS) is 21.3. The smallest absolute Gasteiger partial charge is 0.262 e. The highest BCUT2D eigenvalue weighted by atomic mass is 79.9. The van der Waals surface area contributed by atoms with E-state index in [2.05, 4.69) is 31.1 Å². The quantitative estimate of drug-likeness (QED) is 0.872. The Morgan fingerprint density at radius 3 is 2.96 bits per heavy atom. The highest BCUT2D eigenvalue weighted by molar-refractivity contribution is 9.10. The Balaban J connectivity index is 1.69. The molecule has 0 amide bonds. The number of nitrogens with one attached hydrogen (secondary N) is 1. The van der Waals surface area contributed by atoms with Gasteiger partial charge in [-0.05, 0) is 40.9 Å². The minimum atomic E-state index is 0.0444. The molecule has 23 heavy (non-hydrogen) atoms. The number of pyridine rings is 1. The molecule has 1 aliphatic carbocycles. The van der Waals surface area contributed by atoms with Crippen molar-refractivity contribution < 1.29 is 0 Å². The molecule has 3 heterocycles. The molecule has 4 rings (SSSR count). The number of hydrogen-bond donors (Lipinski definition) is 1. The van der Waals surface area contributed by atoms with Crippen LogP contribution in [0.5, 0.6) is 0 Å². The lowest BCUT2D eigenvalue weighted by molar-refractivity contribution is 0.0567. The van der Waals surface area contributed by atoms with Crippen LogP contribution in [0.15, 0.2) is 33.8 Å². The van der Waals surface area contributed by atoms with Crippen molar-refractivity contribution in [3.8, 4) is 0 Å². The van der Waals surface area contributed by atoms with Crippen molar-refractivity contribution in [2.24, 2.45) is 0 Å². The van der Waals surface area contributed by atoms with Gasteiger partial charge >= 0.3 is 0 Å². The highest BCUT2D eigenvalue weighted by Crippen LogP contribution is 2.36. The molecular formula is C17H21BrN4O. The third kappa shape index (κ3) is 2.73. The van der Waals surface area contributed by atoms with Crippen molar-refractivity contribution in [2.45, 2.75) is 37.8 Å². The van der Waals surface area contributed by atoms with E-state index < -0.39 is 0 Å². The molecule has 2 aromatic heterocycles. The minimum Gasteiger partial charge on any atom is -0.314 e. The van der Waals surface area contributed by atoms with Gasteiger partial charge in [0.25, 0.3) is 5.56 Å². The van der Waals surface area contributed by atoms with Crippen molar-refractivity contribution >= 4 is 21.6 Å². The van der Waals surface area contributed by atoms with E-state index in [1.165, 1.54) is 25.7 Å². The zero-order valence-corrected chi connectivity index (χ0v) is 14.7. The van der Waals surface area contributed by atoms with Crippen LogP contribution in [0.25, 0.3) is 5.65 Å². The molecule has 0 unspecified atom stereocenters. The molecule has 1 saturated carbocycles. The van der Waals surface area contributed by atoms with E-state index in [4.69, 9.17) is 0 Å². The van der Waals surface area contributed by atoms with Crippen LogP contribution in [0.2, 0.25) is 0 Å². The maximum absolute atomic E-state index is 12.8. The molecule has 6 heteroatoms. The number of aromatic nitrogens is 2. The number of halogens is 1. The molecule has 0 atom stereocenters. The molecule has 0 radical (unpaired) electrons. The van der Waals surface area contributed by atoms with Gasteiger partial charge in [0.2, 0.25) is 0 Å². The summed E-state index contributed by atoms with van der Waals surface area (Å²) >= 11 is 3.43. The van der Waals surface area contributed by atoms with E-state index in [9.17, 15) is 4.79 Å². The molecule has 1 spiro atoms. The Labute approximate surface area is 143 Å². The first-order valence-corrected chi connectivity index (χ1v) is 9.09. The molecule has 1 N–H and O–H groups in total. The third-order valence-corrected chi connectivity index (χ3v) is 5.78. The predicted molar refractivity (Wildman–Crippen MR) is 93.6 cm³/mol. The second kappa shape index (κ2) is 6.00. The van der Waals surface area contributed by atoms with Crippen LogP contribution < -0.4 is 10.9 Å². The van der Waals surface area contributed by atoms with Crippen LogP contribution in [0, 0.1) is 0 Å². The topological polar surface area (TPSA) is 49.6 Å². The summed E-state index contributed by atoms with van der Waals surface area (Å²) in [5.74, 6) is 0. The monoisotopic (exact) mass is 376 g/mol. The highest BCUT2D eigenvalue weighted by Gasteiger charge is 2.41. The van der Waals surface area contributed by atoms with Gasteiger partial charge in [-0.3, -0.25) is 14.1 Å². The summed E-state index contributed by atoms with van der Waals surface area (Å²) in [6.45, 7) is 3.74. The lowest BCUT2D eigenvalue weighted by atomic mass is 9.92. The van der Waals surface area contributed by atoms with Crippen molar-refractivity contribution in [1.82, 2.24) is 19.6 Å². The van der Waals surface area contributed by atoms with Crippen LogP contribution >= 0.6 is 15.9 Å². The Hall–Kier alpha value is -1.24. The van der Waals surface area contributed by atoms with E-state index in [-0.39, 0.29) is 11.1 Å². The summed E-state index contributed by atoms with van der Waals surface area (Å²) in [6, 6.07) is 3.77. The average molecular weight is 377 g/mol. The Morgan fingerprint density at radius 2 is 2.13 bits per heavy atom. The van der Waals surface area contributed by atoms with E-state index in [1.54, 1.807) is 16.8 Å². The summed E-state index contributed by atoms with van der Waals surface area (Å²) in [7, 11) is 0. The fraction of sp³-hybridized carbons (Fsp3) is 0.529. The van der Waals surface area contributed by atoms with Gasteiger partial charge in [0.05, 0.1) is 5.56 Å². The van der Waals surface area contributed by atoms with Gasteiger partial charge in [0.1, 0.15) is 5.65 Å². The summed E-state index contributed by atoms with van der Waals surface area (Å²) < 4.78 is 2.53. The zero-order valence-electron chi connectivity index (χ0n) is 13.1. The molecular weight excluding hydrogens is 356 g/mol. The fourth-order valence-corrected chi connectivity index (χ4v) is 4.40. The number of rotatable bonds is 2. The first kappa shape index (κ1) is 15.3. The third-order valence-electron chi connectivity index (χ3n) is 5.32. The maximum Gasteiger partial charge on any atom is 0.262 e. The molecule has 1 aliphatic heterocycles. The largest absolute Gasteiger partial charge is 0.314 e. The molecule has 0 aromatic carbocycles. The summed E-state index contributed by atoms with van der Waals surface area (Å²) in [4.78, 5) is 19.8. The van der Waals surface area contributed by atoms with Gasteiger partial charge in [-0.1, -0.05) is 12.8 Å². The van der Waals surface area contributed by atoms with E-state index in [0.29, 0.717) is 12.2 Å². The van der Waals surface area contributed by atoms with Crippen molar-refractivity contribution in [3.05, 3.63) is 44.9 Å². The van der Waals surface area contributed by atoms with Gasteiger partial charge in [0, 0.05) is 48.6 Å². The fourth-order valence-electron chi connectivity index (χ4n) is 4.06. The Kier molecular flexibility index (Phi) is 3.99. The van der Waals surface area contributed by atoms with Crippen LogP contribution in [0.1, 0.15) is 31.2 Å². The van der Waals surface area contributed by atoms with Gasteiger partial charge in [-0.25, -0.2) is 4.98 Å². The first-order valence-electron chi connectivity index (χ1n) is 8.30. The first-order chi connectivity index (χ1) is 11.2. The van der Waals surface area contributed by atoms with E-state index >= 15 is 0 Å². The molecule has 1 saturated heterocycles. The zero-order chi connectivity index (χ0) is 15.9. The molecule has 122 valence electrons.